The van der Waals surface area contributed by atoms with Gasteiger partial charge in [0.1, 0.15) is 0 Å². The molecule has 0 radical (unpaired) electrons. The van der Waals surface area contributed by atoms with E-state index in [4.69, 9.17) is 4.74 Å². The van der Waals surface area contributed by atoms with Crippen molar-refractivity contribution in [3.05, 3.63) is 69.3 Å². The van der Waals surface area contributed by atoms with E-state index >= 15 is 0 Å². The number of ether oxygens (including phenoxy) is 1. The van der Waals surface area contributed by atoms with Crippen molar-refractivity contribution in [3.8, 4) is 0 Å². The van der Waals surface area contributed by atoms with E-state index in [1.54, 1.807) is 4.90 Å². The van der Waals surface area contributed by atoms with E-state index in [0.717, 1.165) is 16.8 Å². The second kappa shape index (κ2) is 8.22. The monoisotopic (exact) mass is 396 g/mol. The third-order valence-corrected chi connectivity index (χ3v) is 4.85. The number of aryl methyl sites for hydroxylation is 2. The Morgan fingerprint density at radius 2 is 1.86 bits per heavy atom. The van der Waals surface area contributed by atoms with Gasteiger partial charge >= 0.3 is 5.97 Å². The first kappa shape index (κ1) is 20.2. The highest BCUT2D eigenvalue weighted by Crippen LogP contribution is 2.29. The molecule has 2 aromatic carbocycles. The van der Waals surface area contributed by atoms with Gasteiger partial charge in [0.2, 0.25) is 5.91 Å². The van der Waals surface area contributed by atoms with E-state index in [-0.39, 0.29) is 30.1 Å². The van der Waals surface area contributed by atoms with Gasteiger partial charge < -0.3 is 9.64 Å². The van der Waals surface area contributed by atoms with Gasteiger partial charge in [-0.15, -0.1) is 0 Å². The molecular formula is C21H20N2O6. The van der Waals surface area contributed by atoms with Crippen molar-refractivity contribution in [2.24, 2.45) is 5.92 Å². The zero-order valence-corrected chi connectivity index (χ0v) is 16.1. The van der Waals surface area contributed by atoms with Crippen molar-refractivity contribution in [3.63, 3.8) is 0 Å². The predicted molar refractivity (Wildman–Crippen MR) is 105 cm³/mol. The molecule has 8 heteroatoms. The number of carbonyl (C=O) groups is 3. The second-order valence-corrected chi connectivity index (χ2v) is 7.03. The fraction of sp³-hybridized carbons (Fsp3) is 0.286. The van der Waals surface area contributed by atoms with Crippen molar-refractivity contribution in [1.82, 2.24) is 0 Å². The molecule has 3 rings (SSSR count). The van der Waals surface area contributed by atoms with Crippen molar-refractivity contribution >= 4 is 29.0 Å². The molecule has 0 bridgehead atoms. The number of nitro benzene ring substituents is 1. The summed E-state index contributed by atoms with van der Waals surface area (Å²) in [7, 11) is 0. The van der Waals surface area contributed by atoms with Gasteiger partial charge in [0.15, 0.2) is 12.4 Å². The van der Waals surface area contributed by atoms with Gasteiger partial charge in [-0.1, -0.05) is 17.7 Å². The van der Waals surface area contributed by atoms with Crippen molar-refractivity contribution < 1.29 is 24.0 Å². The van der Waals surface area contributed by atoms with E-state index < -0.39 is 29.2 Å². The molecule has 0 unspecified atom stereocenters. The number of ketones is 1. The van der Waals surface area contributed by atoms with E-state index in [1.165, 1.54) is 24.3 Å². The van der Waals surface area contributed by atoms with Gasteiger partial charge in [0.25, 0.3) is 5.69 Å². The Balaban J connectivity index is 1.59. The summed E-state index contributed by atoms with van der Waals surface area (Å²) in [6.07, 6.45) is 0.0257. The molecule has 2 aromatic rings. The lowest BCUT2D eigenvalue weighted by molar-refractivity contribution is -0.384. The standard InChI is InChI=1S/C21H20N2O6/c1-13-3-8-18(14(2)9-13)22-11-16(10-20(22)25)21(26)29-12-19(24)15-4-6-17(7-5-15)23(27)28/h3-9,16H,10-12H2,1-2H3/t16-/m0/s1. The fourth-order valence-electron chi connectivity index (χ4n) is 3.31. The van der Waals surface area contributed by atoms with Crippen molar-refractivity contribution in [2.45, 2.75) is 20.3 Å². The van der Waals surface area contributed by atoms with Crippen LogP contribution in [0, 0.1) is 29.9 Å². The summed E-state index contributed by atoms with van der Waals surface area (Å²) in [5.41, 5.74) is 2.87. The van der Waals surface area contributed by atoms with Gasteiger partial charge in [0, 0.05) is 36.3 Å². The van der Waals surface area contributed by atoms with Crippen LogP contribution in [-0.2, 0) is 14.3 Å². The molecule has 1 saturated heterocycles. The Bertz CT molecular complexity index is 983. The molecule has 0 saturated carbocycles. The smallest absolute Gasteiger partial charge is 0.311 e. The summed E-state index contributed by atoms with van der Waals surface area (Å²) in [6, 6.07) is 10.8. The van der Waals surface area contributed by atoms with E-state index in [0.29, 0.717) is 0 Å². The third kappa shape index (κ3) is 4.48. The summed E-state index contributed by atoms with van der Waals surface area (Å²) in [4.78, 5) is 48.5. The molecule has 1 amide bonds. The highest BCUT2D eigenvalue weighted by atomic mass is 16.6. The van der Waals surface area contributed by atoms with Crippen LogP contribution in [0.3, 0.4) is 0 Å². The van der Waals surface area contributed by atoms with Crippen LogP contribution in [-0.4, -0.2) is 35.7 Å². The Hall–Kier alpha value is -3.55. The number of nitrogens with zero attached hydrogens (tertiary/aromatic N) is 2. The van der Waals surface area contributed by atoms with Crippen LogP contribution in [0.5, 0.6) is 0 Å². The molecule has 1 aliphatic heterocycles. The van der Waals surface area contributed by atoms with Crippen molar-refractivity contribution in [2.75, 3.05) is 18.1 Å². The lowest BCUT2D eigenvalue weighted by Crippen LogP contribution is -2.27. The fourth-order valence-corrected chi connectivity index (χ4v) is 3.31. The number of non-ortho nitro benzene ring substituents is 1. The molecule has 0 N–H and O–H groups in total. The molecule has 1 heterocycles. The number of hydrogen-bond acceptors (Lipinski definition) is 6. The third-order valence-electron chi connectivity index (χ3n) is 4.85. The first-order chi connectivity index (χ1) is 13.8. The summed E-state index contributed by atoms with van der Waals surface area (Å²) in [5.74, 6) is -1.89. The number of carbonyl (C=O) groups excluding carboxylic acids is 3. The van der Waals surface area contributed by atoms with Crippen molar-refractivity contribution in [1.29, 1.82) is 0 Å². The van der Waals surface area contributed by atoms with E-state index in [2.05, 4.69) is 0 Å². The SMILES string of the molecule is Cc1ccc(N2C[C@@H](C(=O)OCC(=O)c3ccc([N+](=O)[O-])cc3)CC2=O)c(C)c1. The molecule has 1 fully saturated rings. The summed E-state index contributed by atoms with van der Waals surface area (Å²) in [5, 5.41) is 10.7. The molecule has 0 spiro atoms. The Kier molecular flexibility index (Phi) is 5.72. The lowest BCUT2D eigenvalue weighted by Gasteiger charge is -2.19. The molecule has 29 heavy (non-hydrogen) atoms. The Morgan fingerprint density at radius 1 is 1.17 bits per heavy atom. The average molecular weight is 396 g/mol. The Morgan fingerprint density at radius 3 is 2.48 bits per heavy atom. The maximum atomic E-state index is 12.4. The average Bonchev–Trinajstić information content (AvgIpc) is 3.07. The number of esters is 1. The molecule has 1 aliphatic rings. The number of amides is 1. The van der Waals surface area contributed by atoms with E-state index in [9.17, 15) is 24.5 Å². The van der Waals surface area contributed by atoms with Crippen LogP contribution in [0.2, 0.25) is 0 Å². The minimum atomic E-state index is -0.645. The highest BCUT2D eigenvalue weighted by Gasteiger charge is 2.36. The van der Waals surface area contributed by atoms with Crippen LogP contribution in [0.1, 0.15) is 27.9 Å². The number of Topliss-reactive ketones (excluding diaryl/α,β-unsaturated/α-hetero) is 1. The molecule has 150 valence electrons. The Labute approximate surface area is 167 Å². The van der Waals surface area contributed by atoms with E-state index in [1.807, 2.05) is 32.0 Å². The van der Waals surface area contributed by atoms with Crippen LogP contribution >= 0.6 is 0 Å². The number of nitro groups is 1. The molecule has 0 aliphatic carbocycles. The quantitative estimate of drug-likeness (QED) is 0.322. The summed E-state index contributed by atoms with van der Waals surface area (Å²) < 4.78 is 5.10. The summed E-state index contributed by atoms with van der Waals surface area (Å²) >= 11 is 0. The van der Waals surface area contributed by atoms with Crippen LogP contribution in [0.4, 0.5) is 11.4 Å². The topological polar surface area (TPSA) is 107 Å². The van der Waals surface area contributed by atoms with Crippen LogP contribution in [0.25, 0.3) is 0 Å². The van der Waals surface area contributed by atoms with Crippen LogP contribution in [0.15, 0.2) is 42.5 Å². The van der Waals surface area contributed by atoms with Gasteiger partial charge in [-0.25, -0.2) is 0 Å². The number of anilines is 1. The first-order valence-electron chi connectivity index (χ1n) is 9.08. The largest absolute Gasteiger partial charge is 0.457 e. The summed E-state index contributed by atoms with van der Waals surface area (Å²) in [6.45, 7) is 3.59. The molecule has 8 nitrogen and oxygen atoms in total. The number of benzene rings is 2. The number of hydrogen-bond donors (Lipinski definition) is 0. The zero-order chi connectivity index (χ0) is 21.1. The van der Waals surface area contributed by atoms with Gasteiger partial charge in [-0.3, -0.25) is 24.5 Å². The minimum absolute atomic E-state index is 0.0257. The zero-order valence-electron chi connectivity index (χ0n) is 16.1. The van der Waals surface area contributed by atoms with Gasteiger partial charge in [-0.05, 0) is 37.6 Å². The minimum Gasteiger partial charge on any atom is -0.457 e. The molecular weight excluding hydrogens is 376 g/mol. The lowest BCUT2D eigenvalue weighted by atomic mass is 10.1. The van der Waals surface area contributed by atoms with Gasteiger partial charge in [-0.2, -0.15) is 0 Å². The normalized spacial score (nSPS) is 16.0. The van der Waals surface area contributed by atoms with Crippen LogP contribution < -0.4 is 4.90 Å². The van der Waals surface area contributed by atoms with Gasteiger partial charge in [0.05, 0.1) is 10.8 Å². The molecule has 1 atom stereocenters. The maximum absolute atomic E-state index is 12.4. The molecule has 0 aromatic heterocycles. The highest BCUT2D eigenvalue weighted by molar-refractivity contribution is 6.01. The maximum Gasteiger partial charge on any atom is 0.311 e. The number of rotatable bonds is 6. The first-order valence-corrected chi connectivity index (χ1v) is 9.08. The second-order valence-electron chi connectivity index (χ2n) is 7.03. The predicted octanol–water partition coefficient (Wildman–Crippen LogP) is 2.99.